The Labute approximate surface area is 104 Å². The lowest BCUT2D eigenvalue weighted by molar-refractivity contribution is 0.0699. The van der Waals surface area contributed by atoms with E-state index in [1.807, 2.05) is 13.8 Å². The standard InChI is InChI=1S/C14H15NO3/c1-8(2)11-7-15(3)13(16)9-5-4-6-10(12(9)11)14(17)18/h4-8H,1-3H3,(H,17,18). The van der Waals surface area contributed by atoms with E-state index in [-0.39, 0.29) is 17.0 Å². The molecule has 0 unspecified atom stereocenters. The van der Waals surface area contributed by atoms with E-state index < -0.39 is 5.97 Å². The number of aryl methyl sites for hydroxylation is 1. The Morgan fingerprint density at radius 2 is 2.00 bits per heavy atom. The second-order valence-corrected chi connectivity index (χ2v) is 4.69. The molecule has 0 saturated heterocycles. The molecule has 0 aliphatic heterocycles. The number of hydrogen-bond donors (Lipinski definition) is 1. The molecule has 0 amide bonds. The van der Waals surface area contributed by atoms with Crippen molar-refractivity contribution in [3.8, 4) is 0 Å². The molecule has 94 valence electrons. The Kier molecular flexibility index (Phi) is 2.95. The molecule has 0 aliphatic carbocycles. The molecule has 2 rings (SSSR count). The Hall–Kier alpha value is -2.10. The van der Waals surface area contributed by atoms with Crippen LogP contribution in [0.5, 0.6) is 0 Å². The first-order chi connectivity index (χ1) is 8.43. The van der Waals surface area contributed by atoms with Gasteiger partial charge in [-0.1, -0.05) is 19.9 Å². The fraction of sp³-hybridized carbons (Fsp3) is 0.286. The third kappa shape index (κ3) is 1.79. The van der Waals surface area contributed by atoms with E-state index >= 15 is 0 Å². The lowest BCUT2D eigenvalue weighted by atomic mass is 9.95. The minimum absolute atomic E-state index is 0.153. The molecule has 1 heterocycles. The van der Waals surface area contributed by atoms with Crippen molar-refractivity contribution >= 4 is 16.7 Å². The normalized spacial score (nSPS) is 11.1. The van der Waals surface area contributed by atoms with Gasteiger partial charge in [-0.3, -0.25) is 4.79 Å². The molecule has 0 atom stereocenters. The van der Waals surface area contributed by atoms with Gasteiger partial charge in [0.2, 0.25) is 0 Å². The Morgan fingerprint density at radius 3 is 2.56 bits per heavy atom. The molecule has 0 radical (unpaired) electrons. The lowest BCUT2D eigenvalue weighted by Gasteiger charge is -2.13. The molecule has 0 fully saturated rings. The maximum Gasteiger partial charge on any atom is 0.336 e. The number of carbonyl (C=O) groups is 1. The molecule has 0 aliphatic rings. The molecule has 4 heteroatoms. The van der Waals surface area contributed by atoms with Crippen LogP contribution in [0.3, 0.4) is 0 Å². The number of nitrogens with zero attached hydrogens (tertiary/aromatic N) is 1. The van der Waals surface area contributed by atoms with E-state index in [9.17, 15) is 14.7 Å². The van der Waals surface area contributed by atoms with Crippen LogP contribution in [0.15, 0.2) is 29.2 Å². The molecule has 0 bridgehead atoms. The zero-order valence-corrected chi connectivity index (χ0v) is 10.6. The molecule has 1 aromatic carbocycles. The SMILES string of the molecule is CC(C)c1cn(C)c(=O)c2cccc(C(=O)O)c12. The summed E-state index contributed by atoms with van der Waals surface area (Å²) in [6.45, 7) is 3.97. The minimum atomic E-state index is -1.00. The summed E-state index contributed by atoms with van der Waals surface area (Å²) in [7, 11) is 1.68. The van der Waals surface area contributed by atoms with Crippen LogP contribution in [-0.2, 0) is 7.05 Å². The van der Waals surface area contributed by atoms with Crippen molar-refractivity contribution in [1.29, 1.82) is 0 Å². The summed E-state index contributed by atoms with van der Waals surface area (Å²) >= 11 is 0. The van der Waals surface area contributed by atoms with E-state index in [0.29, 0.717) is 10.8 Å². The Morgan fingerprint density at radius 1 is 1.33 bits per heavy atom. The largest absolute Gasteiger partial charge is 0.478 e. The summed E-state index contributed by atoms with van der Waals surface area (Å²) in [6, 6.07) is 4.82. The number of fused-ring (bicyclic) bond motifs is 1. The first-order valence-electron chi connectivity index (χ1n) is 5.79. The van der Waals surface area contributed by atoms with Crippen molar-refractivity contribution in [2.75, 3.05) is 0 Å². The number of rotatable bonds is 2. The number of aromatic carboxylic acids is 1. The molecular formula is C14H15NO3. The molecular weight excluding hydrogens is 230 g/mol. The average Bonchev–Trinajstić information content (AvgIpc) is 2.32. The molecule has 0 saturated carbocycles. The van der Waals surface area contributed by atoms with E-state index in [0.717, 1.165) is 5.56 Å². The van der Waals surface area contributed by atoms with Crippen LogP contribution in [-0.4, -0.2) is 15.6 Å². The van der Waals surface area contributed by atoms with E-state index in [2.05, 4.69) is 0 Å². The number of carboxylic acid groups (broad SMARTS) is 1. The van der Waals surface area contributed by atoms with Gasteiger partial charge in [-0.25, -0.2) is 4.79 Å². The third-order valence-electron chi connectivity index (χ3n) is 3.09. The van der Waals surface area contributed by atoms with Gasteiger partial charge in [0, 0.05) is 24.0 Å². The van der Waals surface area contributed by atoms with Gasteiger partial charge in [-0.2, -0.15) is 0 Å². The van der Waals surface area contributed by atoms with Crippen LogP contribution in [0, 0.1) is 0 Å². The Balaban J connectivity index is 3.05. The summed E-state index contributed by atoms with van der Waals surface area (Å²) in [5, 5.41) is 10.3. The average molecular weight is 245 g/mol. The molecule has 4 nitrogen and oxygen atoms in total. The van der Waals surface area contributed by atoms with Crippen LogP contribution in [0.25, 0.3) is 10.8 Å². The highest BCUT2D eigenvalue weighted by molar-refractivity contribution is 6.04. The van der Waals surface area contributed by atoms with Crippen LogP contribution in [0.1, 0.15) is 35.7 Å². The zero-order chi connectivity index (χ0) is 13.4. The monoisotopic (exact) mass is 245 g/mol. The molecule has 0 spiro atoms. The number of benzene rings is 1. The predicted octanol–water partition coefficient (Wildman–Crippen LogP) is 2.36. The topological polar surface area (TPSA) is 59.3 Å². The second-order valence-electron chi connectivity index (χ2n) is 4.69. The van der Waals surface area contributed by atoms with Gasteiger partial charge in [0.25, 0.3) is 5.56 Å². The van der Waals surface area contributed by atoms with Crippen LogP contribution in [0.2, 0.25) is 0 Å². The van der Waals surface area contributed by atoms with Crippen molar-refractivity contribution in [3.05, 3.63) is 45.9 Å². The summed E-state index contributed by atoms with van der Waals surface area (Å²) in [4.78, 5) is 23.3. The van der Waals surface area contributed by atoms with Gasteiger partial charge in [0.15, 0.2) is 0 Å². The number of hydrogen-bond acceptors (Lipinski definition) is 2. The fourth-order valence-electron chi connectivity index (χ4n) is 2.18. The zero-order valence-electron chi connectivity index (χ0n) is 10.6. The van der Waals surface area contributed by atoms with Gasteiger partial charge >= 0.3 is 5.97 Å². The van der Waals surface area contributed by atoms with Crippen LogP contribution < -0.4 is 5.56 Å². The maximum atomic E-state index is 12.0. The molecule has 18 heavy (non-hydrogen) atoms. The Bertz CT molecular complexity index is 683. The number of aromatic nitrogens is 1. The minimum Gasteiger partial charge on any atom is -0.478 e. The van der Waals surface area contributed by atoms with Crippen molar-refractivity contribution in [3.63, 3.8) is 0 Å². The van der Waals surface area contributed by atoms with Gasteiger partial charge in [-0.15, -0.1) is 0 Å². The highest BCUT2D eigenvalue weighted by Crippen LogP contribution is 2.26. The van der Waals surface area contributed by atoms with E-state index in [1.165, 1.54) is 10.6 Å². The first-order valence-corrected chi connectivity index (χ1v) is 5.79. The number of carboxylic acids is 1. The van der Waals surface area contributed by atoms with E-state index in [4.69, 9.17) is 0 Å². The van der Waals surface area contributed by atoms with Gasteiger partial charge in [0.1, 0.15) is 0 Å². The molecule has 1 N–H and O–H groups in total. The molecule has 1 aromatic heterocycles. The number of pyridine rings is 1. The highest BCUT2D eigenvalue weighted by Gasteiger charge is 2.16. The first kappa shape index (κ1) is 12.4. The van der Waals surface area contributed by atoms with Crippen molar-refractivity contribution in [1.82, 2.24) is 4.57 Å². The van der Waals surface area contributed by atoms with Crippen molar-refractivity contribution in [2.45, 2.75) is 19.8 Å². The summed E-state index contributed by atoms with van der Waals surface area (Å²) in [5.41, 5.74) is 0.900. The maximum absolute atomic E-state index is 12.0. The van der Waals surface area contributed by atoms with Gasteiger partial charge < -0.3 is 9.67 Å². The van der Waals surface area contributed by atoms with Gasteiger partial charge in [-0.05, 0) is 23.6 Å². The van der Waals surface area contributed by atoms with Crippen LogP contribution >= 0.6 is 0 Å². The summed E-state index contributed by atoms with van der Waals surface area (Å²) in [5.74, 6) is -0.851. The fourth-order valence-corrected chi connectivity index (χ4v) is 2.18. The second kappa shape index (κ2) is 4.29. The van der Waals surface area contributed by atoms with Crippen molar-refractivity contribution < 1.29 is 9.90 Å². The summed E-state index contributed by atoms with van der Waals surface area (Å²) in [6.07, 6.45) is 1.72. The predicted molar refractivity (Wildman–Crippen MR) is 70.2 cm³/mol. The van der Waals surface area contributed by atoms with Gasteiger partial charge in [0.05, 0.1) is 5.56 Å². The highest BCUT2D eigenvalue weighted by atomic mass is 16.4. The third-order valence-corrected chi connectivity index (χ3v) is 3.09. The lowest BCUT2D eigenvalue weighted by Crippen LogP contribution is -2.19. The molecule has 2 aromatic rings. The summed E-state index contributed by atoms with van der Waals surface area (Å²) < 4.78 is 1.50. The quantitative estimate of drug-likeness (QED) is 0.883. The smallest absolute Gasteiger partial charge is 0.336 e. The van der Waals surface area contributed by atoms with E-state index in [1.54, 1.807) is 25.4 Å². The van der Waals surface area contributed by atoms with Crippen LogP contribution in [0.4, 0.5) is 0 Å². The van der Waals surface area contributed by atoms with Crippen molar-refractivity contribution in [2.24, 2.45) is 7.05 Å².